The molecule has 4 nitrogen and oxygen atoms in total. The molecule has 0 heterocycles. The van der Waals surface area contributed by atoms with Gasteiger partial charge in [-0.1, -0.05) is 36.3 Å². The first-order chi connectivity index (χ1) is 10.3. The average Bonchev–Trinajstić information content (AvgIpc) is 2.45. The number of ether oxygens (including phenoxy) is 2. The summed E-state index contributed by atoms with van der Waals surface area (Å²) in [4.78, 5) is 23.5. The highest BCUT2D eigenvalue weighted by atomic mass is 16.6. The van der Waals surface area contributed by atoms with Gasteiger partial charge in [-0.25, -0.2) is 0 Å². The molecule has 0 fully saturated rings. The molecule has 1 aromatic rings. The normalized spacial score (nSPS) is 12.0. The van der Waals surface area contributed by atoms with E-state index in [0.717, 1.165) is 5.56 Å². The molecule has 0 radical (unpaired) electrons. The van der Waals surface area contributed by atoms with Crippen molar-refractivity contribution in [3.8, 4) is 11.8 Å². The maximum atomic E-state index is 11.8. The molecule has 0 saturated carbocycles. The zero-order valence-electron chi connectivity index (χ0n) is 13.5. The molecule has 0 bridgehead atoms. The van der Waals surface area contributed by atoms with E-state index in [-0.39, 0.29) is 6.61 Å². The summed E-state index contributed by atoms with van der Waals surface area (Å²) < 4.78 is 10.5. The maximum Gasteiger partial charge on any atom is 0.317 e. The third-order valence-corrected chi connectivity index (χ3v) is 2.65. The van der Waals surface area contributed by atoms with Gasteiger partial charge in [0.1, 0.15) is 18.1 Å². The first-order valence-corrected chi connectivity index (χ1v) is 7.17. The molecule has 1 atom stereocenters. The van der Waals surface area contributed by atoms with Crippen LogP contribution in [0.5, 0.6) is 0 Å². The molecular weight excluding hydrogens is 280 g/mol. The van der Waals surface area contributed by atoms with E-state index in [4.69, 9.17) is 9.47 Å². The Balaban J connectivity index is 2.37. The first-order valence-electron chi connectivity index (χ1n) is 7.17. The van der Waals surface area contributed by atoms with Crippen molar-refractivity contribution in [1.29, 1.82) is 0 Å². The number of rotatable bonds is 5. The molecule has 0 saturated heterocycles. The number of carbonyl (C=O) groups excluding carboxylic acids is 2. The number of ketones is 1. The average molecular weight is 302 g/mol. The summed E-state index contributed by atoms with van der Waals surface area (Å²) >= 11 is 0. The van der Waals surface area contributed by atoms with Crippen molar-refractivity contribution < 1.29 is 19.1 Å². The van der Waals surface area contributed by atoms with Crippen LogP contribution in [0.1, 0.15) is 33.3 Å². The van der Waals surface area contributed by atoms with Crippen LogP contribution in [0.2, 0.25) is 0 Å². The molecule has 0 aliphatic carbocycles. The second kappa shape index (κ2) is 8.35. The van der Waals surface area contributed by atoms with Crippen LogP contribution in [0, 0.1) is 17.8 Å². The van der Waals surface area contributed by atoms with Crippen LogP contribution < -0.4 is 0 Å². The van der Waals surface area contributed by atoms with Crippen LogP contribution in [0.4, 0.5) is 0 Å². The molecule has 0 aromatic heterocycles. The van der Waals surface area contributed by atoms with Crippen molar-refractivity contribution in [2.75, 3.05) is 6.61 Å². The largest absolute Gasteiger partial charge is 0.459 e. The van der Waals surface area contributed by atoms with Gasteiger partial charge in [0.15, 0.2) is 0 Å². The fourth-order valence-corrected chi connectivity index (χ4v) is 1.52. The van der Waals surface area contributed by atoms with Crippen LogP contribution in [0.25, 0.3) is 0 Å². The SMILES string of the molecule is CC(C(=O)C#CCOCc1ccccc1)C(=O)OC(C)(C)C. The third kappa shape index (κ3) is 7.05. The number of benzene rings is 1. The summed E-state index contributed by atoms with van der Waals surface area (Å²) in [5.74, 6) is 3.14. The highest BCUT2D eigenvalue weighted by molar-refractivity contribution is 6.08. The molecule has 0 aliphatic heterocycles. The van der Waals surface area contributed by atoms with Crippen molar-refractivity contribution in [2.45, 2.75) is 39.9 Å². The Bertz CT molecular complexity index is 558. The topological polar surface area (TPSA) is 52.6 Å². The number of carbonyl (C=O) groups is 2. The van der Waals surface area contributed by atoms with Crippen LogP contribution in [0.3, 0.4) is 0 Å². The summed E-state index contributed by atoms with van der Waals surface area (Å²) in [5, 5.41) is 0. The number of esters is 1. The zero-order chi connectivity index (χ0) is 16.6. The molecule has 0 N–H and O–H groups in total. The minimum absolute atomic E-state index is 0.141. The maximum absolute atomic E-state index is 11.8. The van der Waals surface area contributed by atoms with Crippen molar-refractivity contribution in [3.63, 3.8) is 0 Å². The molecule has 1 rings (SSSR count). The molecule has 1 aromatic carbocycles. The fraction of sp³-hybridized carbons (Fsp3) is 0.444. The van der Waals surface area contributed by atoms with Crippen LogP contribution >= 0.6 is 0 Å². The lowest BCUT2D eigenvalue weighted by molar-refractivity contribution is -0.160. The summed E-state index contributed by atoms with van der Waals surface area (Å²) in [7, 11) is 0. The van der Waals surface area contributed by atoms with Crippen LogP contribution in [0.15, 0.2) is 30.3 Å². The van der Waals surface area contributed by atoms with E-state index in [9.17, 15) is 9.59 Å². The quantitative estimate of drug-likeness (QED) is 0.276. The Hall–Kier alpha value is -2.12. The summed E-state index contributed by atoms with van der Waals surface area (Å²) in [6.07, 6.45) is 0. The first kappa shape index (κ1) is 17.9. The second-order valence-electron chi connectivity index (χ2n) is 5.90. The highest BCUT2D eigenvalue weighted by Gasteiger charge is 2.25. The van der Waals surface area contributed by atoms with Crippen molar-refractivity contribution in [1.82, 2.24) is 0 Å². The third-order valence-electron chi connectivity index (χ3n) is 2.65. The van der Waals surface area contributed by atoms with Gasteiger partial charge >= 0.3 is 5.97 Å². The van der Waals surface area contributed by atoms with E-state index in [1.807, 2.05) is 30.3 Å². The van der Waals surface area contributed by atoms with Crippen molar-refractivity contribution >= 4 is 11.8 Å². The van der Waals surface area contributed by atoms with Gasteiger partial charge in [0.05, 0.1) is 6.61 Å². The molecule has 118 valence electrons. The lowest BCUT2D eigenvalue weighted by Gasteiger charge is -2.20. The Labute approximate surface area is 131 Å². The molecule has 4 heteroatoms. The second-order valence-corrected chi connectivity index (χ2v) is 5.90. The van der Waals surface area contributed by atoms with E-state index in [2.05, 4.69) is 11.8 Å². The van der Waals surface area contributed by atoms with Gasteiger partial charge in [-0.05, 0) is 39.2 Å². The van der Waals surface area contributed by atoms with Gasteiger partial charge in [-0.3, -0.25) is 9.59 Å². The Morgan fingerprint density at radius 2 is 1.82 bits per heavy atom. The smallest absolute Gasteiger partial charge is 0.317 e. The lowest BCUT2D eigenvalue weighted by Crippen LogP contribution is -2.30. The molecule has 0 aliphatic rings. The summed E-state index contributed by atoms with van der Waals surface area (Å²) in [6, 6.07) is 9.68. The molecular formula is C18H22O4. The van der Waals surface area contributed by atoms with Gasteiger partial charge in [-0.2, -0.15) is 0 Å². The van der Waals surface area contributed by atoms with Gasteiger partial charge < -0.3 is 9.47 Å². The van der Waals surface area contributed by atoms with Crippen molar-refractivity contribution in [2.24, 2.45) is 5.92 Å². The fourth-order valence-electron chi connectivity index (χ4n) is 1.52. The lowest BCUT2D eigenvalue weighted by atomic mass is 10.1. The van der Waals surface area contributed by atoms with E-state index in [0.29, 0.717) is 6.61 Å². The monoisotopic (exact) mass is 302 g/mol. The molecule has 22 heavy (non-hydrogen) atoms. The Kier molecular flexibility index (Phi) is 6.81. The van der Waals surface area contributed by atoms with Crippen molar-refractivity contribution in [3.05, 3.63) is 35.9 Å². The van der Waals surface area contributed by atoms with Gasteiger partial charge in [0.2, 0.25) is 5.78 Å². The van der Waals surface area contributed by atoms with E-state index < -0.39 is 23.3 Å². The summed E-state index contributed by atoms with van der Waals surface area (Å²) in [5.41, 5.74) is 0.426. The molecule has 0 spiro atoms. The minimum Gasteiger partial charge on any atom is -0.459 e. The number of hydrogen-bond acceptors (Lipinski definition) is 4. The predicted molar refractivity (Wildman–Crippen MR) is 83.9 cm³/mol. The molecule has 1 unspecified atom stereocenters. The van der Waals surface area contributed by atoms with E-state index in [1.165, 1.54) is 6.92 Å². The van der Waals surface area contributed by atoms with Crippen LogP contribution in [-0.4, -0.2) is 24.0 Å². The number of hydrogen-bond donors (Lipinski definition) is 0. The van der Waals surface area contributed by atoms with Crippen LogP contribution in [-0.2, 0) is 25.7 Å². The Morgan fingerprint density at radius 3 is 2.41 bits per heavy atom. The van der Waals surface area contributed by atoms with E-state index >= 15 is 0 Å². The van der Waals surface area contributed by atoms with E-state index in [1.54, 1.807) is 20.8 Å². The highest BCUT2D eigenvalue weighted by Crippen LogP contribution is 2.11. The minimum atomic E-state index is -0.888. The molecule has 0 amide bonds. The van der Waals surface area contributed by atoms with Gasteiger partial charge in [0, 0.05) is 0 Å². The Morgan fingerprint density at radius 1 is 1.18 bits per heavy atom. The number of Topliss-reactive ketones (excluding diaryl/α,β-unsaturated/α-hetero) is 1. The standard InChI is InChI=1S/C18H22O4/c1-14(17(20)22-18(2,3)4)16(19)11-8-12-21-13-15-9-6-5-7-10-15/h5-7,9-10,14H,12-13H2,1-4H3. The van der Waals surface area contributed by atoms with Gasteiger partial charge in [-0.15, -0.1) is 0 Å². The zero-order valence-corrected chi connectivity index (χ0v) is 13.5. The predicted octanol–water partition coefficient (Wildman–Crippen LogP) is 2.75. The van der Waals surface area contributed by atoms with Gasteiger partial charge in [0.25, 0.3) is 0 Å². The summed E-state index contributed by atoms with van der Waals surface area (Å²) in [6.45, 7) is 7.34.